The Balaban J connectivity index is 1.43. The molecule has 28 heavy (non-hydrogen) atoms. The number of aliphatic hydroxyl groups is 1. The van der Waals surface area contributed by atoms with Gasteiger partial charge in [-0.1, -0.05) is 12.1 Å². The van der Waals surface area contributed by atoms with Crippen LogP contribution >= 0.6 is 0 Å². The summed E-state index contributed by atoms with van der Waals surface area (Å²) in [5.41, 5.74) is 1.37. The molecule has 2 aliphatic heterocycles. The van der Waals surface area contributed by atoms with E-state index in [2.05, 4.69) is 14.9 Å². The molecule has 2 aliphatic rings. The first kappa shape index (κ1) is 19.3. The third-order valence-electron chi connectivity index (χ3n) is 6.20. The molecule has 2 atom stereocenters. The van der Waals surface area contributed by atoms with E-state index in [1.54, 1.807) is 14.2 Å². The van der Waals surface area contributed by atoms with Crippen LogP contribution in [0.4, 0.5) is 0 Å². The van der Waals surface area contributed by atoms with E-state index in [0.29, 0.717) is 18.7 Å². The number of hydrogen-bond acceptors (Lipinski definition) is 6. The number of ether oxygens (including phenoxy) is 2. The number of methoxy groups -OCH3 is 2. The van der Waals surface area contributed by atoms with E-state index in [-0.39, 0.29) is 0 Å². The second-order valence-corrected chi connectivity index (χ2v) is 7.98. The molecular formula is C22H29N3O3. The average Bonchev–Trinajstić information content (AvgIpc) is 2.97. The van der Waals surface area contributed by atoms with Gasteiger partial charge >= 0.3 is 0 Å². The van der Waals surface area contributed by atoms with Crippen molar-refractivity contribution < 1.29 is 14.6 Å². The van der Waals surface area contributed by atoms with E-state index in [1.807, 2.05) is 36.7 Å². The molecule has 4 rings (SSSR count). The Hall–Kier alpha value is -2.02. The third kappa shape index (κ3) is 3.90. The highest BCUT2D eigenvalue weighted by atomic mass is 16.5. The highest BCUT2D eigenvalue weighted by Crippen LogP contribution is 2.46. The van der Waals surface area contributed by atoms with Gasteiger partial charge < -0.3 is 14.6 Å². The average molecular weight is 383 g/mol. The van der Waals surface area contributed by atoms with E-state index >= 15 is 0 Å². The van der Waals surface area contributed by atoms with E-state index in [4.69, 9.17) is 9.47 Å². The molecule has 2 bridgehead atoms. The molecule has 0 amide bonds. The van der Waals surface area contributed by atoms with E-state index < -0.39 is 5.60 Å². The van der Waals surface area contributed by atoms with Crippen LogP contribution in [0.5, 0.6) is 5.75 Å². The predicted octanol–water partition coefficient (Wildman–Crippen LogP) is 2.69. The van der Waals surface area contributed by atoms with Crippen molar-refractivity contribution in [3.8, 4) is 5.75 Å². The summed E-state index contributed by atoms with van der Waals surface area (Å²) in [7, 11) is 3.35. The van der Waals surface area contributed by atoms with Crippen LogP contribution in [-0.2, 0) is 23.3 Å². The Labute approximate surface area is 166 Å². The zero-order chi connectivity index (χ0) is 19.6. The van der Waals surface area contributed by atoms with Crippen LogP contribution < -0.4 is 4.74 Å². The van der Waals surface area contributed by atoms with Gasteiger partial charge in [0.1, 0.15) is 11.6 Å². The fraction of sp³-hybridized carbons (Fsp3) is 0.545. The molecule has 0 radical (unpaired) electrons. The zero-order valence-corrected chi connectivity index (χ0v) is 16.7. The van der Waals surface area contributed by atoms with Crippen LogP contribution in [0, 0.1) is 0 Å². The first-order valence-electron chi connectivity index (χ1n) is 10.0. The minimum Gasteiger partial charge on any atom is -0.497 e. The molecule has 2 fully saturated rings. The van der Waals surface area contributed by atoms with Crippen molar-refractivity contribution >= 4 is 0 Å². The number of rotatable bonds is 7. The van der Waals surface area contributed by atoms with Crippen LogP contribution in [0.25, 0.3) is 0 Å². The van der Waals surface area contributed by atoms with Gasteiger partial charge in [0, 0.05) is 50.1 Å². The van der Waals surface area contributed by atoms with Gasteiger partial charge in [0.05, 0.1) is 19.3 Å². The number of piperidine rings is 1. The number of benzene rings is 1. The Morgan fingerprint density at radius 2 is 1.71 bits per heavy atom. The van der Waals surface area contributed by atoms with Gasteiger partial charge in [-0.25, -0.2) is 9.97 Å². The van der Waals surface area contributed by atoms with Crippen molar-refractivity contribution in [3.05, 3.63) is 53.6 Å². The zero-order valence-electron chi connectivity index (χ0n) is 16.7. The Bertz CT molecular complexity index is 765. The lowest BCUT2D eigenvalue weighted by molar-refractivity contribution is -0.0595. The second kappa shape index (κ2) is 8.15. The predicted molar refractivity (Wildman–Crippen MR) is 106 cm³/mol. The molecule has 2 unspecified atom stereocenters. The lowest BCUT2D eigenvalue weighted by Gasteiger charge is -2.44. The maximum absolute atomic E-state index is 11.4. The van der Waals surface area contributed by atoms with E-state index in [1.165, 1.54) is 0 Å². The topological polar surface area (TPSA) is 67.7 Å². The van der Waals surface area contributed by atoms with Gasteiger partial charge in [-0.3, -0.25) is 4.90 Å². The molecule has 1 aromatic heterocycles. The van der Waals surface area contributed by atoms with Crippen LogP contribution in [0.3, 0.4) is 0 Å². The number of nitrogens with zero attached hydrogens (tertiary/aromatic N) is 3. The Morgan fingerprint density at radius 1 is 1.07 bits per heavy atom. The fourth-order valence-corrected chi connectivity index (χ4v) is 4.71. The molecule has 0 aliphatic carbocycles. The van der Waals surface area contributed by atoms with Gasteiger partial charge in [-0.15, -0.1) is 0 Å². The number of hydrogen-bond donors (Lipinski definition) is 1. The largest absolute Gasteiger partial charge is 0.497 e. The maximum atomic E-state index is 11.4. The molecule has 1 aromatic carbocycles. The van der Waals surface area contributed by atoms with Gasteiger partial charge in [-0.05, 0) is 43.4 Å². The monoisotopic (exact) mass is 383 g/mol. The van der Waals surface area contributed by atoms with Crippen LogP contribution in [0.2, 0.25) is 0 Å². The van der Waals surface area contributed by atoms with Gasteiger partial charge in [0.25, 0.3) is 0 Å². The van der Waals surface area contributed by atoms with E-state index in [9.17, 15) is 5.11 Å². The quantitative estimate of drug-likeness (QED) is 0.793. The summed E-state index contributed by atoms with van der Waals surface area (Å²) in [6, 6.07) is 8.65. The SMILES string of the molecule is COCCc1ncc(CN2C3CCC2CC(O)(c2ccc(OC)cc2)C3)cn1. The molecule has 6 nitrogen and oxygen atoms in total. The molecule has 1 N–H and O–H groups in total. The third-order valence-corrected chi connectivity index (χ3v) is 6.20. The van der Waals surface area contributed by atoms with Crippen molar-refractivity contribution in [2.45, 2.75) is 56.3 Å². The minimum atomic E-state index is -0.755. The lowest BCUT2D eigenvalue weighted by atomic mass is 9.80. The van der Waals surface area contributed by atoms with Gasteiger partial charge in [0.15, 0.2) is 0 Å². The molecular weight excluding hydrogens is 354 g/mol. The smallest absolute Gasteiger partial charge is 0.130 e. The van der Waals surface area contributed by atoms with Gasteiger partial charge in [-0.2, -0.15) is 0 Å². The minimum absolute atomic E-state index is 0.388. The summed E-state index contributed by atoms with van der Waals surface area (Å²) < 4.78 is 10.3. The summed E-state index contributed by atoms with van der Waals surface area (Å²) in [4.78, 5) is 11.5. The number of fused-ring (bicyclic) bond motifs is 2. The number of aromatic nitrogens is 2. The normalized spacial score (nSPS) is 27.1. The molecule has 0 spiro atoms. The van der Waals surface area contributed by atoms with Crippen molar-refractivity contribution in [3.63, 3.8) is 0 Å². The summed E-state index contributed by atoms with van der Waals surface area (Å²) >= 11 is 0. The van der Waals surface area contributed by atoms with Crippen LogP contribution in [0.1, 0.15) is 42.6 Å². The molecule has 3 heterocycles. The lowest BCUT2D eigenvalue weighted by Crippen LogP contribution is -2.49. The molecule has 6 heteroatoms. The molecule has 2 saturated heterocycles. The molecule has 150 valence electrons. The summed E-state index contributed by atoms with van der Waals surface area (Å²) in [6.07, 6.45) is 8.40. The van der Waals surface area contributed by atoms with Crippen molar-refractivity contribution in [2.75, 3.05) is 20.8 Å². The van der Waals surface area contributed by atoms with Crippen LogP contribution in [0.15, 0.2) is 36.7 Å². The van der Waals surface area contributed by atoms with Crippen molar-refractivity contribution in [2.24, 2.45) is 0 Å². The Kier molecular flexibility index (Phi) is 5.62. The summed E-state index contributed by atoms with van der Waals surface area (Å²) in [5.74, 6) is 1.64. The standard InChI is InChI=1S/C22H29N3O3/c1-27-10-9-21-23-13-16(14-24-21)15-25-18-5-6-19(25)12-22(26,11-18)17-3-7-20(28-2)8-4-17/h3-4,7-8,13-14,18-19,26H,5-6,9-12,15H2,1-2H3. The van der Waals surface area contributed by atoms with Gasteiger partial charge in [0.2, 0.25) is 0 Å². The fourth-order valence-electron chi connectivity index (χ4n) is 4.71. The highest BCUT2D eigenvalue weighted by molar-refractivity contribution is 5.32. The molecule has 0 saturated carbocycles. The van der Waals surface area contributed by atoms with Crippen molar-refractivity contribution in [1.82, 2.24) is 14.9 Å². The van der Waals surface area contributed by atoms with Crippen molar-refractivity contribution in [1.29, 1.82) is 0 Å². The molecule has 2 aromatic rings. The first-order valence-corrected chi connectivity index (χ1v) is 10.0. The summed E-state index contributed by atoms with van der Waals surface area (Å²) in [5, 5.41) is 11.4. The van der Waals surface area contributed by atoms with Crippen LogP contribution in [-0.4, -0.2) is 52.9 Å². The Morgan fingerprint density at radius 3 is 2.29 bits per heavy atom. The van der Waals surface area contributed by atoms with E-state index in [0.717, 1.165) is 61.3 Å². The summed E-state index contributed by atoms with van der Waals surface area (Å²) in [6.45, 7) is 1.48. The maximum Gasteiger partial charge on any atom is 0.130 e. The first-order chi connectivity index (χ1) is 13.6. The highest BCUT2D eigenvalue weighted by Gasteiger charge is 2.48. The second-order valence-electron chi connectivity index (χ2n) is 7.98.